The zero-order valence-electron chi connectivity index (χ0n) is 12.2. The molecule has 0 bridgehead atoms. The van der Waals surface area contributed by atoms with Crippen molar-refractivity contribution in [1.29, 1.82) is 0 Å². The molecule has 1 N–H and O–H groups in total. The van der Waals surface area contributed by atoms with Crippen molar-refractivity contribution in [2.24, 2.45) is 0 Å². The fourth-order valence-corrected chi connectivity index (χ4v) is 2.82. The second-order valence-electron chi connectivity index (χ2n) is 5.31. The molecule has 1 saturated heterocycles. The maximum absolute atomic E-state index is 12.4. The minimum Gasteiger partial charge on any atom is -0.351 e. The van der Waals surface area contributed by atoms with Crippen LogP contribution < -0.4 is 5.32 Å². The Balaban J connectivity index is 1.69. The highest BCUT2D eigenvalue weighted by molar-refractivity contribution is 6.31. The largest absolute Gasteiger partial charge is 0.351 e. The van der Waals surface area contributed by atoms with E-state index < -0.39 is 0 Å². The van der Waals surface area contributed by atoms with E-state index >= 15 is 0 Å². The maximum Gasteiger partial charge on any atom is 0.253 e. The van der Waals surface area contributed by atoms with Crippen molar-refractivity contribution < 1.29 is 4.79 Å². The molecule has 1 aliphatic heterocycles. The van der Waals surface area contributed by atoms with Crippen LogP contribution in [0.1, 0.15) is 23.2 Å². The second-order valence-corrected chi connectivity index (χ2v) is 5.74. The van der Waals surface area contributed by atoms with Crippen molar-refractivity contribution in [3.8, 4) is 5.69 Å². The fraction of sp³-hybridized carbons (Fsp3) is 0.400. The number of amides is 1. The average Bonchev–Trinajstić information content (AvgIpc) is 3.20. The molecule has 0 saturated carbocycles. The van der Waals surface area contributed by atoms with Crippen LogP contribution in [0, 0.1) is 0 Å². The van der Waals surface area contributed by atoms with E-state index in [-0.39, 0.29) is 5.91 Å². The summed E-state index contributed by atoms with van der Waals surface area (Å²) in [5, 5.41) is 7.55. The summed E-state index contributed by atoms with van der Waals surface area (Å²) in [6.45, 7) is 3.75. The molecule has 0 unspecified atom stereocenters. The summed E-state index contributed by atoms with van der Waals surface area (Å²) in [5.74, 6) is -0.146. The first-order valence-electron chi connectivity index (χ1n) is 7.39. The van der Waals surface area contributed by atoms with Crippen molar-refractivity contribution in [3.63, 3.8) is 0 Å². The molecule has 1 aromatic heterocycles. The van der Waals surface area contributed by atoms with Gasteiger partial charge in [-0.2, -0.15) is 5.10 Å². The van der Waals surface area contributed by atoms with E-state index in [1.807, 2.05) is 0 Å². The molecule has 3 rings (SSSR count). The Morgan fingerprint density at radius 2 is 2.14 bits per heavy atom. The molecule has 2 heterocycles. The molecule has 116 valence electrons. The number of carbonyl (C=O) groups is 1. The average molecular weight is 320 g/mol. The normalized spacial score (nSPS) is 15.1. The Labute approximate surface area is 134 Å². The lowest BCUT2D eigenvalue weighted by molar-refractivity contribution is 0.0949. The van der Waals surface area contributed by atoms with E-state index in [4.69, 9.17) is 11.6 Å². The van der Waals surface area contributed by atoms with Gasteiger partial charge in [0.1, 0.15) is 12.7 Å². The molecule has 1 amide bonds. The summed E-state index contributed by atoms with van der Waals surface area (Å²) >= 11 is 6.03. The minimum atomic E-state index is -0.146. The number of nitrogens with zero attached hydrogens (tertiary/aromatic N) is 4. The van der Waals surface area contributed by atoms with E-state index in [0.29, 0.717) is 22.8 Å². The number of likely N-dealkylation sites (tertiary alicyclic amines) is 1. The number of hydrogen-bond donors (Lipinski definition) is 1. The highest BCUT2D eigenvalue weighted by Crippen LogP contribution is 2.19. The molecule has 0 aliphatic carbocycles. The van der Waals surface area contributed by atoms with Crippen molar-refractivity contribution in [2.45, 2.75) is 12.8 Å². The van der Waals surface area contributed by atoms with Gasteiger partial charge in [-0.3, -0.25) is 4.79 Å². The fourth-order valence-electron chi connectivity index (χ4n) is 2.65. The van der Waals surface area contributed by atoms with Gasteiger partial charge in [0, 0.05) is 18.1 Å². The molecule has 1 aromatic carbocycles. The van der Waals surface area contributed by atoms with Gasteiger partial charge in [0.05, 0.1) is 11.3 Å². The van der Waals surface area contributed by atoms with Crippen LogP contribution in [0.3, 0.4) is 0 Å². The standard InChI is InChI=1S/C15H18ClN5O/c16-12-3-4-14(21-11-17-10-19-21)13(9-12)15(22)18-5-8-20-6-1-2-7-20/h3-4,9-11H,1-2,5-8H2,(H,18,22). The van der Waals surface area contributed by atoms with Crippen LogP contribution in [0.15, 0.2) is 30.9 Å². The van der Waals surface area contributed by atoms with Gasteiger partial charge in [-0.05, 0) is 44.1 Å². The topological polar surface area (TPSA) is 63.1 Å². The first-order chi connectivity index (χ1) is 10.7. The molecule has 6 nitrogen and oxygen atoms in total. The van der Waals surface area contributed by atoms with Gasteiger partial charge in [-0.25, -0.2) is 9.67 Å². The van der Waals surface area contributed by atoms with E-state index in [1.165, 1.54) is 19.2 Å². The smallest absolute Gasteiger partial charge is 0.253 e. The van der Waals surface area contributed by atoms with Gasteiger partial charge in [0.15, 0.2) is 0 Å². The SMILES string of the molecule is O=C(NCCN1CCCC1)c1cc(Cl)ccc1-n1cncn1. The predicted molar refractivity (Wildman–Crippen MR) is 84.4 cm³/mol. The van der Waals surface area contributed by atoms with Crippen molar-refractivity contribution >= 4 is 17.5 Å². The minimum absolute atomic E-state index is 0.146. The molecular formula is C15H18ClN5O. The van der Waals surface area contributed by atoms with E-state index in [9.17, 15) is 4.79 Å². The highest BCUT2D eigenvalue weighted by atomic mass is 35.5. The number of nitrogens with one attached hydrogen (secondary N) is 1. The number of hydrogen-bond acceptors (Lipinski definition) is 4. The summed E-state index contributed by atoms with van der Waals surface area (Å²) in [6.07, 6.45) is 5.49. The number of benzene rings is 1. The Kier molecular flexibility index (Phi) is 4.70. The van der Waals surface area contributed by atoms with Gasteiger partial charge < -0.3 is 10.2 Å². The van der Waals surface area contributed by atoms with E-state index in [1.54, 1.807) is 29.2 Å². The third-order valence-electron chi connectivity index (χ3n) is 3.78. The molecule has 0 radical (unpaired) electrons. The molecule has 0 spiro atoms. The van der Waals surface area contributed by atoms with Gasteiger partial charge >= 0.3 is 0 Å². The molecule has 0 atom stereocenters. The third kappa shape index (κ3) is 3.45. The quantitative estimate of drug-likeness (QED) is 0.912. The van der Waals surface area contributed by atoms with Gasteiger partial charge in [-0.1, -0.05) is 11.6 Å². The lowest BCUT2D eigenvalue weighted by Crippen LogP contribution is -2.33. The highest BCUT2D eigenvalue weighted by Gasteiger charge is 2.15. The summed E-state index contributed by atoms with van der Waals surface area (Å²) in [4.78, 5) is 18.7. The first kappa shape index (κ1) is 15.0. The second kappa shape index (κ2) is 6.89. The molecule has 1 aliphatic rings. The number of halogens is 1. The first-order valence-corrected chi connectivity index (χ1v) is 7.77. The zero-order valence-corrected chi connectivity index (χ0v) is 13.0. The summed E-state index contributed by atoms with van der Waals surface area (Å²) in [5.41, 5.74) is 1.17. The van der Waals surface area contributed by atoms with E-state index in [2.05, 4.69) is 20.3 Å². The molecular weight excluding hydrogens is 302 g/mol. The summed E-state index contributed by atoms with van der Waals surface area (Å²) < 4.78 is 1.56. The Morgan fingerprint density at radius 1 is 1.32 bits per heavy atom. The summed E-state index contributed by atoms with van der Waals surface area (Å²) in [7, 11) is 0. The van der Waals surface area contributed by atoms with Crippen LogP contribution in [-0.2, 0) is 0 Å². The molecule has 2 aromatic rings. The lowest BCUT2D eigenvalue weighted by atomic mass is 10.1. The monoisotopic (exact) mass is 319 g/mol. The van der Waals surface area contributed by atoms with E-state index in [0.717, 1.165) is 19.6 Å². The maximum atomic E-state index is 12.4. The number of aromatic nitrogens is 3. The van der Waals surface area contributed by atoms with Crippen LogP contribution >= 0.6 is 11.6 Å². The summed E-state index contributed by atoms with van der Waals surface area (Å²) in [6, 6.07) is 5.16. The molecule has 22 heavy (non-hydrogen) atoms. The van der Waals surface area contributed by atoms with Crippen LogP contribution in [0.5, 0.6) is 0 Å². The van der Waals surface area contributed by atoms with Crippen LogP contribution in [0.25, 0.3) is 5.69 Å². The van der Waals surface area contributed by atoms with Crippen molar-refractivity contribution in [3.05, 3.63) is 41.4 Å². The zero-order chi connectivity index (χ0) is 15.4. The van der Waals surface area contributed by atoms with Crippen LogP contribution in [-0.4, -0.2) is 51.8 Å². The third-order valence-corrected chi connectivity index (χ3v) is 4.02. The van der Waals surface area contributed by atoms with Gasteiger partial charge in [0.2, 0.25) is 0 Å². The van der Waals surface area contributed by atoms with Crippen molar-refractivity contribution in [1.82, 2.24) is 25.0 Å². The Hall–Kier alpha value is -1.92. The van der Waals surface area contributed by atoms with Crippen LogP contribution in [0.4, 0.5) is 0 Å². The lowest BCUT2D eigenvalue weighted by Gasteiger charge is -2.15. The molecule has 7 heteroatoms. The predicted octanol–water partition coefficient (Wildman–Crippen LogP) is 1.75. The Bertz CT molecular complexity index is 637. The van der Waals surface area contributed by atoms with Crippen LogP contribution in [0.2, 0.25) is 5.02 Å². The number of rotatable bonds is 5. The van der Waals surface area contributed by atoms with Crippen molar-refractivity contribution in [2.75, 3.05) is 26.2 Å². The Morgan fingerprint density at radius 3 is 2.86 bits per heavy atom. The van der Waals surface area contributed by atoms with Gasteiger partial charge in [0.25, 0.3) is 5.91 Å². The van der Waals surface area contributed by atoms with Gasteiger partial charge in [-0.15, -0.1) is 0 Å². The molecule has 1 fully saturated rings. The number of carbonyl (C=O) groups excluding carboxylic acids is 1.